The average Bonchev–Trinajstić information content (AvgIpc) is 2.36. The molecule has 1 rings (SSSR count). The molecule has 1 aromatic rings. The smallest absolute Gasteiger partial charge is 0.241 e. The third-order valence-electron chi connectivity index (χ3n) is 3.27. The maximum atomic E-state index is 12.3. The molecule has 0 bridgehead atoms. The number of sulfonamides is 1. The highest BCUT2D eigenvalue weighted by Gasteiger charge is 2.22. The summed E-state index contributed by atoms with van der Waals surface area (Å²) in [6, 6.07) is 1.76. The first-order valence-electron chi connectivity index (χ1n) is 6.27. The van der Waals surface area contributed by atoms with Gasteiger partial charge in [-0.05, 0) is 43.5 Å². The summed E-state index contributed by atoms with van der Waals surface area (Å²) < 4.78 is 27.1. The van der Waals surface area contributed by atoms with Crippen LogP contribution in [0.25, 0.3) is 0 Å². The van der Waals surface area contributed by atoms with Gasteiger partial charge >= 0.3 is 0 Å². The summed E-state index contributed by atoms with van der Waals surface area (Å²) in [5.41, 5.74) is 8.29. The summed E-state index contributed by atoms with van der Waals surface area (Å²) in [6.07, 6.45) is 0.0924. The molecule has 0 fully saturated rings. The summed E-state index contributed by atoms with van der Waals surface area (Å²) in [5.74, 6) is -0.218. The lowest BCUT2D eigenvalue weighted by atomic mass is 10.1. The van der Waals surface area contributed by atoms with Crippen LogP contribution in [0.4, 0.5) is 5.69 Å². The molecule has 1 amide bonds. The van der Waals surface area contributed by atoms with E-state index in [1.807, 2.05) is 6.92 Å². The van der Waals surface area contributed by atoms with Gasteiger partial charge in [-0.1, -0.05) is 0 Å². The lowest BCUT2D eigenvalue weighted by Gasteiger charge is -2.15. The monoisotopic (exact) mass is 299 g/mol. The fourth-order valence-electron chi connectivity index (χ4n) is 1.94. The minimum atomic E-state index is -3.68. The summed E-state index contributed by atoms with van der Waals surface area (Å²) in [5, 5.41) is 2.44. The number of benzene rings is 1. The molecule has 0 saturated carbocycles. The quantitative estimate of drug-likeness (QED) is 0.693. The lowest BCUT2D eigenvalue weighted by Crippen LogP contribution is -2.30. The molecular formula is C13H21N3O3S. The van der Waals surface area contributed by atoms with E-state index in [9.17, 15) is 13.2 Å². The van der Waals surface area contributed by atoms with Gasteiger partial charge in [-0.3, -0.25) is 4.79 Å². The number of amides is 1. The van der Waals surface area contributed by atoms with Gasteiger partial charge in [0.05, 0.1) is 4.90 Å². The summed E-state index contributed by atoms with van der Waals surface area (Å²) in [6.45, 7) is 5.29. The predicted octanol–water partition coefficient (Wildman–Crippen LogP) is 0.608. The molecule has 4 N–H and O–H groups in total. The van der Waals surface area contributed by atoms with Crippen LogP contribution in [0.3, 0.4) is 0 Å². The van der Waals surface area contributed by atoms with E-state index in [1.165, 1.54) is 7.05 Å². The van der Waals surface area contributed by atoms with E-state index in [0.29, 0.717) is 16.8 Å². The molecule has 0 heterocycles. The van der Waals surface area contributed by atoms with Crippen molar-refractivity contribution in [2.75, 3.05) is 19.3 Å². The zero-order valence-corrected chi connectivity index (χ0v) is 13.0. The molecule has 0 aliphatic rings. The second-order valence-electron chi connectivity index (χ2n) is 4.68. The Balaban J connectivity index is 3.07. The van der Waals surface area contributed by atoms with Crippen molar-refractivity contribution < 1.29 is 13.2 Å². The third kappa shape index (κ3) is 3.49. The Kier molecular flexibility index (Phi) is 5.13. The lowest BCUT2D eigenvalue weighted by molar-refractivity contribution is -0.120. The van der Waals surface area contributed by atoms with Gasteiger partial charge in [0.25, 0.3) is 0 Å². The standard InChI is InChI=1S/C13H21N3O3S/c1-8-7-11(14)10(3)13(9(8)2)20(18,19)16-6-5-12(17)15-4/h7,16H,5-6,14H2,1-4H3,(H,15,17). The maximum Gasteiger partial charge on any atom is 0.241 e. The molecule has 20 heavy (non-hydrogen) atoms. The highest BCUT2D eigenvalue weighted by atomic mass is 32.2. The molecule has 0 unspecified atom stereocenters. The molecule has 7 heteroatoms. The van der Waals surface area contributed by atoms with E-state index >= 15 is 0 Å². The van der Waals surface area contributed by atoms with E-state index < -0.39 is 10.0 Å². The minimum absolute atomic E-state index is 0.0503. The number of nitrogens with two attached hydrogens (primary N) is 1. The third-order valence-corrected chi connectivity index (χ3v) is 5.00. The van der Waals surface area contributed by atoms with Crippen LogP contribution in [0.1, 0.15) is 23.1 Å². The van der Waals surface area contributed by atoms with Gasteiger partial charge in [0.1, 0.15) is 0 Å². The number of carbonyl (C=O) groups is 1. The van der Waals surface area contributed by atoms with Gasteiger partial charge in [0.2, 0.25) is 15.9 Å². The Hall–Kier alpha value is -1.60. The first-order chi connectivity index (χ1) is 9.20. The fourth-order valence-corrected chi connectivity index (χ4v) is 3.54. The van der Waals surface area contributed by atoms with Crippen molar-refractivity contribution in [1.29, 1.82) is 0 Å². The summed E-state index contributed by atoms with van der Waals surface area (Å²) in [4.78, 5) is 11.3. The average molecular weight is 299 g/mol. The van der Waals surface area contributed by atoms with E-state index in [1.54, 1.807) is 19.9 Å². The molecule has 6 nitrogen and oxygen atoms in total. The Labute approximate surface area is 119 Å². The number of carbonyl (C=O) groups excluding carboxylic acids is 1. The second-order valence-corrected chi connectivity index (χ2v) is 6.39. The largest absolute Gasteiger partial charge is 0.398 e. The molecule has 0 aromatic heterocycles. The Bertz CT molecular complexity index is 598. The molecule has 1 aromatic carbocycles. The SMILES string of the molecule is CNC(=O)CCNS(=O)(=O)c1c(C)c(C)cc(N)c1C. The Morgan fingerprint density at radius 3 is 2.40 bits per heavy atom. The van der Waals surface area contributed by atoms with Gasteiger partial charge in [-0.15, -0.1) is 0 Å². The molecule has 112 valence electrons. The number of hydrogen-bond donors (Lipinski definition) is 3. The molecule has 0 spiro atoms. The van der Waals surface area contributed by atoms with Crippen molar-refractivity contribution in [2.24, 2.45) is 0 Å². The number of hydrogen-bond acceptors (Lipinski definition) is 4. The minimum Gasteiger partial charge on any atom is -0.398 e. The second kappa shape index (κ2) is 6.23. The van der Waals surface area contributed by atoms with Crippen LogP contribution in [0.15, 0.2) is 11.0 Å². The van der Waals surface area contributed by atoms with Crippen molar-refractivity contribution in [2.45, 2.75) is 32.1 Å². The predicted molar refractivity (Wildman–Crippen MR) is 78.9 cm³/mol. The van der Waals surface area contributed by atoms with Crippen molar-refractivity contribution in [3.8, 4) is 0 Å². The summed E-state index contributed by atoms with van der Waals surface area (Å²) >= 11 is 0. The number of nitrogens with one attached hydrogen (secondary N) is 2. The number of nitrogen functional groups attached to an aromatic ring is 1. The van der Waals surface area contributed by atoms with E-state index in [-0.39, 0.29) is 23.8 Å². The number of anilines is 1. The van der Waals surface area contributed by atoms with Gasteiger partial charge in [0, 0.05) is 25.7 Å². The molecule has 0 saturated heterocycles. The van der Waals surface area contributed by atoms with Crippen molar-refractivity contribution in [3.63, 3.8) is 0 Å². The highest BCUT2D eigenvalue weighted by molar-refractivity contribution is 7.89. The van der Waals surface area contributed by atoms with Gasteiger partial charge in [0.15, 0.2) is 0 Å². The topological polar surface area (TPSA) is 101 Å². The highest BCUT2D eigenvalue weighted by Crippen LogP contribution is 2.27. The molecule has 0 aliphatic carbocycles. The van der Waals surface area contributed by atoms with Crippen LogP contribution in [-0.2, 0) is 14.8 Å². The van der Waals surface area contributed by atoms with Crippen LogP contribution in [-0.4, -0.2) is 27.9 Å². The number of rotatable bonds is 5. The van der Waals surface area contributed by atoms with Gasteiger partial charge in [-0.2, -0.15) is 0 Å². The maximum absolute atomic E-state index is 12.3. The van der Waals surface area contributed by atoms with Crippen molar-refractivity contribution in [3.05, 3.63) is 22.8 Å². The van der Waals surface area contributed by atoms with Crippen LogP contribution < -0.4 is 15.8 Å². The summed E-state index contributed by atoms with van der Waals surface area (Å²) in [7, 11) is -2.17. The normalized spacial score (nSPS) is 11.4. The van der Waals surface area contributed by atoms with E-state index in [0.717, 1.165) is 5.56 Å². The van der Waals surface area contributed by atoms with Crippen LogP contribution in [0.5, 0.6) is 0 Å². The first-order valence-corrected chi connectivity index (χ1v) is 7.75. The van der Waals surface area contributed by atoms with Crippen LogP contribution in [0.2, 0.25) is 0 Å². The van der Waals surface area contributed by atoms with Gasteiger partial charge < -0.3 is 11.1 Å². The van der Waals surface area contributed by atoms with Crippen LogP contribution in [0, 0.1) is 20.8 Å². The Morgan fingerprint density at radius 2 is 1.85 bits per heavy atom. The molecule has 0 aliphatic heterocycles. The molecular weight excluding hydrogens is 278 g/mol. The van der Waals surface area contributed by atoms with E-state index in [2.05, 4.69) is 10.0 Å². The molecule has 0 atom stereocenters. The Morgan fingerprint density at radius 1 is 1.25 bits per heavy atom. The van der Waals surface area contributed by atoms with Crippen molar-refractivity contribution in [1.82, 2.24) is 10.0 Å². The van der Waals surface area contributed by atoms with Gasteiger partial charge in [-0.25, -0.2) is 13.1 Å². The number of aryl methyl sites for hydroxylation is 1. The first kappa shape index (κ1) is 16.5. The zero-order chi connectivity index (χ0) is 15.5. The zero-order valence-electron chi connectivity index (χ0n) is 12.2. The molecule has 0 radical (unpaired) electrons. The fraction of sp³-hybridized carbons (Fsp3) is 0.462. The van der Waals surface area contributed by atoms with Crippen molar-refractivity contribution >= 4 is 21.6 Å². The van der Waals surface area contributed by atoms with E-state index in [4.69, 9.17) is 5.73 Å². The van der Waals surface area contributed by atoms with Crippen LogP contribution >= 0.6 is 0 Å².